The molecule has 2 unspecified atom stereocenters. The molecular formula is C22H32O5. The monoisotopic (exact) mass is 376 g/mol. The summed E-state index contributed by atoms with van der Waals surface area (Å²) in [5.41, 5.74) is 0.0890. The highest BCUT2D eigenvalue weighted by atomic mass is 16.7. The zero-order valence-corrected chi connectivity index (χ0v) is 17.0. The Morgan fingerprint density at radius 3 is 2.37 bits per heavy atom. The molecule has 5 heteroatoms. The van der Waals surface area contributed by atoms with Crippen molar-refractivity contribution in [1.82, 2.24) is 0 Å². The van der Waals surface area contributed by atoms with E-state index in [4.69, 9.17) is 18.9 Å². The van der Waals surface area contributed by atoms with Crippen LogP contribution in [0.2, 0.25) is 0 Å². The van der Waals surface area contributed by atoms with Crippen LogP contribution in [0.3, 0.4) is 0 Å². The molecule has 0 aromatic rings. The minimum Gasteiger partial charge on any atom is -0.459 e. The van der Waals surface area contributed by atoms with E-state index in [0.29, 0.717) is 13.2 Å². The summed E-state index contributed by atoms with van der Waals surface area (Å²) < 4.78 is 23.8. The van der Waals surface area contributed by atoms with Crippen molar-refractivity contribution in [2.24, 2.45) is 5.41 Å². The average molecular weight is 376 g/mol. The molecule has 2 aliphatic heterocycles. The fraction of sp³-hybridized carbons (Fsp3) is 0.773. The SMILES string of the molecule is CC(/C=C/C12OC1(C)CC1(CC2(C)C)OCCO1)=C\C(=O)OC1CCCC1. The fourth-order valence-corrected chi connectivity index (χ4v) is 5.56. The van der Waals surface area contributed by atoms with Crippen LogP contribution in [0.1, 0.15) is 66.2 Å². The van der Waals surface area contributed by atoms with Crippen molar-refractivity contribution in [3.05, 3.63) is 23.8 Å². The highest BCUT2D eigenvalue weighted by Crippen LogP contribution is 2.69. The average Bonchev–Trinajstić information content (AvgIpc) is 2.95. The summed E-state index contributed by atoms with van der Waals surface area (Å²) in [5, 5.41) is 0. The van der Waals surface area contributed by atoms with Gasteiger partial charge in [-0.05, 0) is 51.2 Å². The van der Waals surface area contributed by atoms with Gasteiger partial charge in [-0.15, -0.1) is 0 Å². The molecule has 0 aromatic carbocycles. The number of ether oxygens (including phenoxy) is 4. The lowest BCUT2D eigenvalue weighted by Crippen LogP contribution is -2.52. The highest BCUT2D eigenvalue weighted by Gasteiger charge is 2.78. The molecule has 0 radical (unpaired) electrons. The summed E-state index contributed by atoms with van der Waals surface area (Å²) in [7, 11) is 0. The van der Waals surface area contributed by atoms with E-state index >= 15 is 0 Å². The summed E-state index contributed by atoms with van der Waals surface area (Å²) >= 11 is 0. The van der Waals surface area contributed by atoms with Gasteiger partial charge in [0, 0.05) is 24.3 Å². The number of carbonyl (C=O) groups excluding carboxylic acids is 1. The normalized spacial score (nSPS) is 37.7. The zero-order valence-electron chi connectivity index (χ0n) is 17.0. The van der Waals surface area contributed by atoms with E-state index in [1.54, 1.807) is 6.08 Å². The number of esters is 1. The Labute approximate surface area is 162 Å². The van der Waals surface area contributed by atoms with Crippen molar-refractivity contribution in [2.45, 2.75) is 89.3 Å². The molecule has 2 heterocycles. The number of fused-ring (bicyclic) bond motifs is 1. The van der Waals surface area contributed by atoms with Crippen molar-refractivity contribution >= 4 is 5.97 Å². The Morgan fingerprint density at radius 2 is 1.74 bits per heavy atom. The van der Waals surface area contributed by atoms with Crippen molar-refractivity contribution < 1.29 is 23.7 Å². The Bertz CT molecular complexity index is 666. The van der Waals surface area contributed by atoms with Crippen LogP contribution in [-0.2, 0) is 23.7 Å². The fourth-order valence-electron chi connectivity index (χ4n) is 5.56. The molecule has 2 atom stereocenters. The topological polar surface area (TPSA) is 57.3 Å². The van der Waals surface area contributed by atoms with Crippen LogP contribution in [0.25, 0.3) is 0 Å². The molecule has 4 aliphatic rings. The first kappa shape index (κ1) is 19.2. The van der Waals surface area contributed by atoms with Gasteiger partial charge in [-0.1, -0.05) is 19.9 Å². The molecule has 4 fully saturated rings. The van der Waals surface area contributed by atoms with E-state index in [1.807, 2.05) is 13.0 Å². The molecule has 0 N–H and O–H groups in total. The smallest absolute Gasteiger partial charge is 0.331 e. The number of carbonyl (C=O) groups is 1. The standard InChI is InChI=1S/C22H32O5/c1-16(13-18(23)26-17-7-5-6-8-17)9-10-22-19(2,3)14-21(24-11-12-25-21)15-20(22,4)27-22/h9-10,13,17H,5-8,11-12,14-15H2,1-4H3/b10-9+,16-13+. The van der Waals surface area contributed by atoms with E-state index in [-0.39, 0.29) is 28.7 Å². The lowest BCUT2D eigenvalue weighted by molar-refractivity contribution is -0.201. The van der Waals surface area contributed by atoms with Crippen molar-refractivity contribution in [3.63, 3.8) is 0 Å². The Balaban J connectivity index is 1.45. The summed E-state index contributed by atoms with van der Waals surface area (Å²) in [4.78, 5) is 12.1. The molecule has 27 heavy (non-hydrogen) atoms. The van der Waals surface area contributed by atoms with Gasteiger partial charge in [-0.3, -0.25) is 0 Å². The summed E-state index contributed by atoms with van der Waals surface area (Å²) in [6.45, 7) is 9.80. The largest absolute Gasteiger partial charge is 0.459 e. The molecule has 2 saturated heterocycles. The Hall–Kier alpha value is -1.17. The van der Waals surface area contributed by atoms with Gasteiger partial charge in [0.25, 0.3) is 0 Å². The summed E-state index contributed by atoms with van der Waals surface area (Å²) in [6.07, 6.45) is 11.6. The second-order valence-corrected chi connectivity index (χ2v) is 9.48. The summed E-state index contributed by atoms with van der Waals surface area (Å²) in [6, 6.07) is 0. The predicted molar refractivity (Wildman–Crippen MR) is 101 cm³/mol. The molecule has 2 saturated carbocycles. The Morgan fingerprint density at radius 1 is 1.07 bits per heavy atom. The second-order valence-electron chi connectivity index (χ2n) is 9.48. The quantitative estimate of drug-likeness (QED) is 0.320. The number of hydrogen-bond acceptors (Lipinski definition) is 5. The molecule has 2 aliphatic carbocycles. The number of hydrogen-bond donors (Lipinski definition) is 0. The second kappa shape index (κ2) is 6.43. The van der Waals surface area contributed by atoms with Gasteiger partial charge in [0.1, 0.15) is 17.3 Å². The van der Waals surface area contributed by atoms with Gasteiger partial charge in [0.2, 0.25) is 0 Å². The van der Waals surface area contributed by atoms with Crippen molar-refractivity contribution in [1.29, 1.82) is 0 Å². The third-order valence-electron chi connectivity index (χ3n) is 6.78. The molecule has 4 rings (SSSR count). The van der Waals surface area contributed by atoms with E-state index < -0.39 is 5.79 Å². The van der Waals surface area contributed by atoms with E-state index in [1.165, 1.54) is 0 Å². The maximum absolute atomic E-state index is 12.1. The first-order chi connectivity index (χ1) is 12.7. The molecule has 5 nitrogen and oxygen atoms in total. The number of rotatable bonds is 4. The van der Waals surface area contributed by atoms with Crippen molar-refractivity contribution in [3.8, 4) is 0 Å². The number of allylic oxidation sites excluding steroid dienone is 2. The van der Waals surface area contributed by atoms with Gasteiger partial charge in [-0.25, -0.2) is 4.79 Å². The van der Waals surface area contributed by atoms with Gasteiger partial charge in [0.05, 0.1) is 13.2 Å². The molecule has 150 valence electrons. The van der Waals surface area contributed by atoms with Crippen LogP contribution >= 0.6 is 0 Å². The van der Waals surface area contributed by atoms with E-state index in [9.17, 15) is 4.79 Å². The van der Waals surface area contributed by atoms with E-state index in [2.05, 4.69) is 26.8 Å². The minimum atomic E-state index is -0.512. The maximum Gasteiger partial charge on any atom is 0.331 e. The van der Waals surface area contributed by atoms with Crippen LogP contribution < -0.4 is 0 Å². The molecule has 0 aromatic heterocycles. The Kier molecular flexibility index (Phi) is 4.56. The molecule has 1 spiro atoms. The predicted octanol–water partition coefficient (Wildman–Crippen LogP) is 4.07. The molecule has 0 amide bonds. The third kappa shape index (κ3) is 3.28. The van der Waals surface area contributed by atoms with Crippen LogP contribution in [0, 0.1) is 5.41 Å². The van der Waals surface area contributed by atoms with Gasteiger partial charge in [-0.2, -0.15) is 0 Å². The van der Waals surface area contributed by atoms with Gasteiger partial charge in [0.15, 0.2) is 5.79 Å². The maximum atomic E-state index is 12.1. The van der Waals surface area contributed by atoms with Gasteiger partial charge >= 0.3 is 5.97 Å². The lowest BCUT2D eigenvalue weighted by atomic mass is 9.61. The van der Waals surface area contributed by atoms with Crippen LogP contribution in [0.5, 0.6) is 0 Å². The van der Waals surface area contributed by atoms with Crippen LogP contribution in [0.15, 0.2) is 23.8 Å². The third-order valence-corrected chi connectivity index (χ3v) is 6.78. The first-order valence-corrected chi connectivity index (χ1v) is 10.3. The zero-order chi connectivity index (χ0) is 19.3. The summed E-state index contributed by atoms with van der Waals surface area (Å²) in [5.74, 6) is -0.752. The highest BCUT2D eigenvalue weighted by molar-refractivity contribution is 5.83. The first-order valence-electron chi connectivity index (χ1n) is 10.3. The van der Waals surface area contributed by atoms with E-state index in [0.717, 1.165) is 44.1 Å². The number of epoxide rings is 1. The van der Waals surface area contributed by atoms with Crippen LogP contribution in [0.4, 0.5) is 0 Å². The van der Waals surface area contributed by atoms with Crippen molar-refractivity contribution in [2.75, 3.05) is 13.2 Å². The van der Waals surface area contributed by atoms with Crippen LogP contribution in [-0.4, -0.2) is 42.3 Å². The molecular weight excluding hydrogens is 344 g/mol. The minimum absolute atomic E-state index is 0.0964. The lowest BCUT2D eigenvalue weighted by Gasteiger charge is -2.45. The van der Waals surface area contributed by atoms with Gasteiger partial charge < -0.3 is 18.9 Å². The molecule has 0 bridgehead atoms.